The molecule has 0 spiro atoms. The third kappa shape index (κ3) is 5.05. The van der Waals surface area contributed by atoms with E-state index < -0.39 is 28.1 Å². The molecule has 0 aliphatic heterocycles. The number of fused-ring (bicyclic) bond motifs is 5. The van der Waals surface area contributed by atoms with Gasteiger partial charge in [-0.2, -0.15) is 8.42 Å². The summed E-state index contributed by atoms with van der Waals surface area (Å²) >= 11 is 0. The molecule has 0 bridgehead atoms. The maximum atomic E-state index is 12.2. The lowest BCUT2D eigenvalue weighted by Gasteiger charge is -2.63. The van der Waals surface area contributed by atoms with Crippen molar-refractivity contribution in [2.75, 3.05) is 12.3 Å². The Labute approximate surface area is 210 Å². The number of nitrogens with one attached hydrogen (secondary N) is 1. The van der Waals surface area contributed by atoms with Gasteiger partial charge in [-0.3, -0.25) is 9.35 Å². The van der Waals surface area contributed by atoms with Crippen LogP contribution in [0.15, 0.2) is 0 Å². The largest absolute Gasteiger partial charge is 0.393 e. The van der Waals surface area contributed by atoms with Gasteiger partial charge < -0.3 is 20.6 Å². The molecule has 202 valence electrons. The van der Waals surface area contributed by atoms with Crippen molar-refractivity contribution < 1.29 is 33.1 Å². The fourth-order valence-electron chi connectivity index (χ4n) is 9.10. The Morgan fingerprint density at radius 3 is 2.46 bits per heavy atom. The van der Waals surface area contributed by atoms with Crippen LogP contribution in [0.3, 0.4) is 0 Å². The third-order valence-corrected chi connectivity index (χ3v) is 11.7. The first-order valence-corrected chi connectivity index (χ1v) is 15.1. The molecule has 0 radical (unpaired) electrons. The van der Waals surface area contributed by atoms with Gasteiger partial charge in [0.2, 0.25) is 5.91 Å². The Kier molecular flexibility index (Phi) is 7.69. The second-order valence-corrected chi connectivity index (χ2v) is 14.2. The van der Waals surface area contributed by atoms with Crippen LogP contribution in [0.1, 0.15) is 78.6 Å². The van der Waals surface area contributed by atoms with Crippen LogP contribution in [-0.4, -0.2) is 64.8 Å². The SMILES string of the molecule is C[C@H](CCC(=O)NCCS(=O)(=O)O)[C@@H]1CC[C@@H]2[C@H]3[C@H](O)C[C@H]4C[C@H](O)CC[C@]4(C)[C@@H]3C[C@H](O)[C@@]21C. The first-order chi connectivity index (χ1) is 16.3. The highest BCUT2D eigenvalue weighted by Gasteiger charge is 2.65. The minimum atomic E-state index is -4.10. The van der Waals surface area contributed by atoms with Gasteiger partial charge in [-0.1, -0.05) is 20.8 Å². The highest BCUT2D eigenvalue weighted by Crippen LogP contribution is 2.68. The Morgan fingerprint density at radius 2 is 1.77 bits per heavy atom. The molecule has 1 amide bonds. The van der Waals surface area contributed by atoms with Gasteiger partial charge in [-0.15, -0.1) is 0 Å². The molecule has 35 heavy (non-hydrogen) atoms. The summed E-state index contributed by atoms with van der Waals surface area (Å²) in [7, 11) is -4.10. The normalized spacial score (nSPS) is 46.3. The van der Waals surface area contributed by atoms with Crippen LogP contribution in [0.4, 0.5) is 0 Å². The van der Waals surface area contributed by atoms with Crippen LogP contribution in [0, 0.1) is 46.3 Å². The zero-order chi connectivity index (χ0) is 25.8. The average molecular weight is 516 g/mol. The highest BCUT2D eigenvalue weighted by atomic mass is 32.2. The highest BCUT2D eigenvalue weighted by molar-refractivity contribution is 7.85. The molecule has 8 nitrogen and oxygen atoms in total. The van der Waals surface area contributed by atoms with Gasteiger partial charge in [-0.05, 0) is 97.7 Å². The number of hydrogen-bond acceptors (Lipinski definition) is 6. The van der Waals surface area contributed by atoms with Crippen molar-refractivity contribution in [1.29, 1.82) is 0 Å². The smallest absolute Gasteiger partial charge is 0.266 e. The zero-order valence-corrected chi connectivity index (χ0v) is 22.2. The van der Waals surface area contributed by atoms with Crippen LogP contribution >= 0.6 is 0 Å². The maximum Gasteiger partial charge on any atom is 0.266 e. The summed E-state index contributed by atoms with van der Waals surface area (Å²) in [5, 5.41) is 35.8. The summed E-state index contributed by atoms with van der Waals surface area (Å²) in [6, 6.07) is 0. The number of aliphatic hydroxyl groups excluding tert-OH is 3. The lowest BCUT2D eigenvalue weighted by molar-refractivity contribution is -0.207. The minimum absolute atomic E-state index is 0.0509. The number of rotatable bonds is 7. The molecule has 4 saturated carbocycles. The van der Waals surface area contributed by atoms with E-state index in [0.717, 1.165) is 38.5 Å². The van der Waals surface area contributed by atoms with Gasteiger partial charge in [-0.25, -0.2) is 0 Å². The number of aliphatic hydroxyl groups is 3. The van der Waals surface area contributed by atoms with Crippen LogP contribution in [0.25, 0.3) is 0 Å². The fourth-order valence-corrected chi connectivity index (χ4v) is 9.46. The number of amides is 1. The molecular formula is C26H45NO7S. The summed E-state index contributed by atoms with van der Waals surface area (Å²) in [6.45, 7) is 6.56. The zero-order valence-electron chi connectivity index (χ0n) is 21.4. The van der Waals surface area contributed by atoms with E-state index in [0.29, 0.717) is 18.8 Å². The van der Waals surface area contributed by atoms with Crippen molar-refractivity contribution >= 4 is 16.0 Å². The molecule has 4 rings (SSSR count). The molecule has 0 aromatic rings. The van der Waals surface area contributed by atoms with Crippen molar-refractivity contribution in [1.82, 2.24) is 5.32 Å². The molecule has 5 N–H and O–H groups in total. The summed E-state index contributed by atoms with van der Waals surface area (Å²) in [5.74, 6) is 0.705. The second-order valence-electron chi connectivity index (χ2n) is 12.7. The molecule has 4 aliphatic carbocycles. The Balaban J connectivity index is 1.43. The monoisotopic (exact) mass is 515 g/mol. The quantitative estimate of drug-likeness (QED) is 0.327. The third-order valence-electron chi connectivity index (χ3n) is 11.0. The van der Waals surface area contributed by atoms with E-state index >= 15 is 0 Å². The van der Waals surface area contributed by atoms with Crippen molar-refractivity contribution in [2.45, 2.75) is 96.9 Å². The van der Waals surface area contributed by atoms with E-state index in [1.54, 1.807) is 0 Å². The van der Waals surface area contributed by atoms with Crippen LogP contribution in [0.5, 0.6) is 0 Å². The van der Waals surface area contributed by atoms with Gasteiger partial charge in [0.1, 0.15) is 0 Å². The van der Waals surface area contributed by atoms with Gasteiger partial charge >= 0.3 is 0 Å². The Bertz CT molecular complexity index is 896. The van der Waals surface area contributed by atoms with E-state index in [-0.39, 0.29) is 65.4 Å². The Morgan fingerprint density at radius 1 is 1.06 bits per heavy atom. The molecule has 0 saturated heterocycles. The maximum absolute atomic E-state index is 12.2. The molecule has 4 aliphatic rings. The Hall–Kier alpha value is -0.740. The van der Waals surface area contributed by atoms with Gasteiger partial charge in [0, 0.05) is 13.0 Å². The van der Waals surface area contributed by atoms with E-state index in [1.165, 1.54) is 0 Å². The first-order valence-electron chi connectivity index (χ1n) is 13.5. The summed E-state index contributed by atoms with van der Waals surface area (Å²) in [6.07, 6.45) is 5.67. The lowest BCUT2D eigenvalue weighted by Crippen LogP contribution is -2.62. The number of carbonyl (C=O) groups is 1. The van der Waals surface area contributed by atoms with Crippen molar-refractivity contribution in [3.05, 3.63) is 0 Å². The van der Waals surface area contributed by atoms with E-state index in [1.807, 2.05) is 0 Å². The number of hydrogen-bond donors (Lipinski definition) is 5. The predicted molar refractivity (Wildman–Crippen MR) is 132 cm³/mol. The van der Waals surface area contributed by atoms with Crippen molar-refractivity contribution in [3.8, 4) is 0 Å². The first kappa shape index (κ1) is 27.3. The van der Waals surface area contributed by atoms with Gasteiger partial charge in [0.15, 0.2) is 0 Å². The molecule has 4 fully saturated rings. The van der Waals surface area contributed by atoms with E-state index in [2.05, 4.69) is 26.1 Å². The van der Waals surface area contributed by atoms with Crippen molar-refractivity contribution in [3.63, 3.8) is 0 Å². The van der Waals surface area contributed by atoms with Crippen LogP contribution in [-0.2, 0) is 14.9 Å². The van der Waals surface area contributed by atoms with Gasteiger partial charge in [0.25, 0.3) is 10.1 Å². The molecule has 11 atom stereocenters. The number of carbonyl (C=O) groups excluding carboxylic acids is 1. The molecule has 9 heteroatoms. The summed E-state index contributed by atoms with van der Waals surface area (Å²) in [4.78, 5) is 12.2. The molecule has 0 heterocycles. The molecular weight excluding hydrogens is 470 g/mol. The molecule has 0 aromatic heterocycles. The van der Waals surface area contributed by atoms with E-state index in [4.69, 9.17) is 4.55 Å². The van der Waals surface area contributed by atoms with Crippen LogP contribution in [0.2, 0.25) is 0 Å². The lowest BCUT2D eigenvalue weighted by atomic mass is 9.43. The standard InChI is InChI=1S/C26H45NO7S/c1-15(4-7-23(31)27-10-11-35(32,33)34)18-5-6-19-24-20(14-22(30)26(18,19)3)25(2)9-8-17(28)12-16(25)13-21(24)29/h15-22,24,28-30H,4-14H2,1-3H3,(H,27,31)(H,32,33,34)/t15-,16-,17-,18+,19-,20-,21-,22+,24-,25+,26-/m1/s1. The van der Waals surface area contributed by atoms with Crippen LogP contribution < -0.4 is 5.32 Å². The fraction of sp³-hybridized carbons (Fsp3) is 0.962. The summed E-state index contributed by atoms with van der Waals surface area (Å²) < 4.78 is 30.5. The molecule has 0 unspecified atom stereocenters. The average Bonchev–Trinajstić information content (AvgIpc) is 3.12. The minimum Gasteiger partial charge on any atom is -0.393 e. The second kappa shape index (κ2) is 9.86. The summed E-state index contributed by atoms with van der Waals surface area (Å²) in [5.41, 5.74) is -0.254. The topological polar surface area (TPSA) is 144 Å². The van der Waals surface area contributed by atoms with Crippen molar-refractivity contribution in [2.24, 2.45) is 46.3 Å². The molecule has 0 aromatic carbocycles. The van der Waals surface area contributed by atoms with E-state index in [9.17, 15) is 28.5 Å². The predicted octanol–water partition coefficient (Wildman–Crippen LogP) is 2.37. The van der Waals surface area contributed by atoms with Gasteiger partial charge in [0.05, 0.1) is 24.1 Å².